The number of aliphatic hydroxyl groups is 1. The maximum Gasteiger partial charge on any atom is 0.237 e. The third-order valence-corrected chi connectivity index (χ3v) is 7.62. The van der Waals surface area contributed by atoms with Crippen LogP contribution in [0.3, 0.4) is 0 Å². The van der Waals surface area contributed by atoms with Gasteiger partial charge in [-0.15, -0.1) is 0 Å². The Morgan fingerprint density at radius 3 is 2.81 bits per heavy atom. The minimum absolute atomic E-state index is 0.0340. The Bertz CT molecular complexity index is 1260. The number of nitrogens with one attached hydrogen (secondary N) is 3. The molecule has 0 spiro atoms. The number of nitrogens with zero attached hydrogens (tertiary/aromatic N) is 4. The summed E-state index contributed by atoms with van der Waals surface area (Å²) in [6.07, 6.45) is 3.66. The van der Waals surface area contributed by atoms with Crippen LogP contribution in [0, 0.1) is 0 Å². The number of anilines is 2. The summed E-state index contributed by atoms with van der Waals surface area (Å²) in [5, 5.41) is 21.7. The molecule has 0 saturated carbocycles. The van der Waals surface area contributed by atoms with Crippen LogP contribution in [-0.2, 0) is 11.8 Å². The average molecular weight is 532 g/mol. The molecule has 11 heteroatoms. The quantitative estimate of drug-likeness (QED) is 0.386. The summed E-state index contributed by atoms with van der Waals surface area (Å²) in [5.41, 5.74) is 2.59. The molecular formula is C25H31Cl2N7O2. The van der Waals surface area contributed by atoms with E-state index in [0.29, 0.717) is 41.3 Å². The third-order valence-electron chi connectivity index (χ3n) is 7.06. The number of amides is 1. The van der Waals surface area contributed by atoms with Gasteiger partial charge in [0.1, 0.15) is 5.52 Å². The van der Waals surface area contributed by atoms with Gasteiger partial charge in [0.05, 0.1) is 29.7 Å². The Labute approximate surface area is 220 Å². The molecule has 2 fully saturated rings. The molecule has 2 aromatic heterocycles. The Morgan fingerprint density at radius 1 is 1.25 bits per heavy atom. The monoisotopic (exact) mass is 531 g/mol. The van der Waals surface area contributed by atoms with Crippen LogP contribution in [-0.4, -0.2) is 63.4 Å². The lowest BCUT2D eigenvalue weighted by atomic mass is 10.0. The zero-order valence-corrected chi connectivity index (χ0v) is 21.9. The molecule has 2 aliphatic heterocycles. The number of hydrogen-bond donors (Lipinski definition) is 4. The number of benzene rings is 1. The predicted octanol–water partition coefficient (Wildman–Crippen LogP) is 3.26. The lowest BCUT2D eigenvalue weighted by Crippen LogP contribution is -2.56. The highest BCUT2D eigenvalue weighted by atomic mass is 35.5. The fourth-order valence-electron chi connectivity index (χ4n) is 5.03. The first-order valence-corrected chi connectivity index (χ1v) is 13.1. The molecule has 5 rings (SSSR count). The molecule has 2 saturated heterocycles. The normalized spacial score (nSPS) is 23.1. The molecule has 36 heavy (non-hydrogen) atoms. The Kier molecular flexibility index (Phi) is 7.25. The van der Waals surface area contributed by atoms with Crippen molar-refractivity contribution >= 4 is 51.9 Å². The van der Waals surface area contributed by atoms with Crippen LogP contribution >= 0.6 is 23.2 Å². The van der Waals surface area contributed by atoms with E-state index in [1.165, 1.54) is 0 Å². The first-order valence-electron chi connectivity index (χ1n) is 12.3. The van der Waals surface area contributed by atoms with Gasteiger partial charge >= 0.3 is 0 Å². The van der Waals surface area contributed by atoms with Crippen molar-refractivity contribution < 1.29 is 9.90 Å². The number of rotatable bonds is 6. The first-order chi connectivity index (χ1) is 17.3. The number of carbonyl (C=O) groups is 1. The van der Waals surface area contributed by atoms with Crippen LogP contribution < -0.4 is 20.9 Å². The number of aryl methyl sites for hydroxylation is 1. The van der Waals surface area contributed by atoms with E-state index in [0.717, 1.165) is 36.0 Å². The number of aromatic nitrogens is 3. The van der Waals surface area contributed by atoms with Gasteiger partial charge in [-0.2, -0.15) is 4.98 Å². The minimum Gasteiger partial charge on any atom is -0.389 e. The molecule has 4 heterocycles. The van der Waals surface area contributed by atoms with Crippen LogP contribution in [0.1, 0.15) is 37.8 Å². The van der Waals surface area contributed by atoms with Gasteiger partial charge in [-0.1, -0.05) is 29.3 Å². The highest BCUT2D eigenvalue weighted by Gasteiger charge is 2.33. The molecule has 9 nitrogen and oxygen atoms in total. The zero-order valence-electron chi connectivity index (χ0n) is 20.3. The Hall–Kier alpha value is -2.59. The van der Waals surface area contributed by atoms with E-state index in [2.05, 4.69) is 16.0 Å². The summed E-state index contributed by atoms with van der Waals surface area (Å²) in [6, 6.07) is 6.81. The number of aliphatic hydroxyl groups excluding tert-OH is 1. The molecule has 3 aromatic rings. The zero-order chi connectivity index (χ0) is 25.4. The van der Waals surface area contributed by atoms with Crippen LogP contribution in [0.5, 0.6) is 0 Å². The molecule has 1 aromatic carbocycles. The molecule has 192 valence electrons. The maximum absolute atomic E-state index is 12.5. The van der Waals surface area contributed by atoms with Crippen molar-refractivity contribution in [1.82, 2.24) is 25.2 Å². The second kappa shape index (κ2) is 10.4. The topological polar surface area (TPSA) is 107 Å². The van der Waals surface area contributed by atoms with Gasteiger partial charge < -0.3 is 30.5 Å². The molecule has 1 unspecified atom stereocenters. The number of halogens is 2. The molecule has 4 atom stereocenters. The van der Waals surface area contributed by atoms with Gasteiger partial charge in [-0.05, 0) is 56.5 Å². The summed E-state index contributed by atoms with van der Waals surface area (Å²) in [4.78, 5) is 24.1. The second-order valence-electron chi connectivity index (χ2n) is 9.63. The molecule has 0 bridgehead atoms. The number of β-amino-alcohol motifs (C(OH)–C–C–N with tert-alkyl or cyclic N) is 1. The van der Waals surface area contributed by atoms with Crippen molar-refractivity contribution in [1.29, 1.82) is 0 Å². The SMILES string of the molecule is CC(Nc1nc(N2CC[C@H](NC(=O)[C@H]3CCCN3)[C@H](O)C2)nc2ccn(C)c12)c1ccc(Cl)cc1Cl. The summed E-state index contributed by atoms with van der Waals surface area (Å²) in [5.74, 6) is 1.18. The summed E-state index contributed by atoms with van der Waals surface area (Å²) in [7, 11) is 1.95. The standard InChI is InChI=1S/C25H31Cl2N7O2/c1-14(16-6-5-15(26)12-17(16)27)29-23-22-19(7-10-33(22)2)31-25(32-23)34-11-8-18(21(35)13-34)30-24(36)20-4-3-9-28-20/h5-7,10,12,14,18,20-21,28,35H,3-4,8-9,11,13H2,1-2H3,(H,30,36)(H,29,31,32)/t14?,18-,20+,21+/m0/s1. The van der Waals surface area contributed by atoms with Crippen LogP contribution in [0.15, 0.2) is 30.5 Å². The smallest absolute Gasteiger partial charge is 0.237 e. The lowest BCUT2D eigenvalue weighted by Gasteiger charge is -2.36. The molecule has 0 aliphatic carbocycles. The van der Waals surface area contributed by atoms with E-state index in [1.54, 1.807) is 6.07 Å². The predicted molar refractivity (Wildman–Crippen MR) is 143 cm³/mol. The van der Waals surface area contributed by atoms with Crippen molar-refractivity contribution in [2.24, 2.45) is 7.05 Å². The fraction of sp³-hybridized carbons (Fsp3) is 0.480. The van der Waals surface area contributed by atoms with Gasteiger partial charge in [0.2, 0.25) is 11.9 Å². The van der Waals surface area contributed by atoms with Crippen molar-refractivity contribution in [3.8, 4) is 0 Å². The van der Waals surface area contributed by atoms with Crippen molar-refractivity contribution in [3.63, 3.8) is 0 Å². The van der Waals surface area contributed by atoms with Crippen LogP contribution in [0.25, 0.3) is 11.0 Å². The van der Waals surface area contributed by atoms with Crippen molar-refractivity contribution in [3.05, 3.63) is 46.1 Å². The van der Waals surface area contributed by atoms with E-state index in [4.69, 9.17) is 33.2 Å². The lowest BCUT2D eigenvalue weighted by molar-refractivity contribution is -0.124. The van der Waals surface area contributed by atoms with Crippen LogP contribution in [0.2, 0.25) is 10.0 Å². The van der Waals surface area contributed by atoms with Gasteiger partial charge in [0.25, 0.3) is 0 Å². The van der Waals surface area contributed by atoms with E-state index in [-0.39, 0.29) is 24.0 Å². The molecule has 0 radical (unpaired) electrons. The second-order valence-corrected chi connectivity index (χ2v) is 10.5. The van der Waals surface area contributed by atoms with Gasteiger partial charge in [-0.25, -0.2) is 4.98 Å². The van der Waals surface area contributed by atoms with Crippen LogP contribution in [0.4, 0.5) is 11.8 Å². The van der Waals surface area contributed by atoms with E-state index >= 15 is 0 Å². The Balaban J connectivity index is 1.35. The molecule has 2 aliphatic rings. The number of hydrogen-bond acceptors (Lipinski definition) is 7. The molecular weight excluding hydrogens is 501 g/mol. The Morgan fingerprint density at radius 2 is 2.08 bits per heavy atom. The molecule has 4 N–H and O–H groups in total. The highest BCUT2D eigenvalue weighted by molar-refractivity contribution is 6.35. The average Bonchev–Trinajstić information content (AvgIpc) is 3.51. The highest BCUT2D eigenvalue weighted by Crippen LogP contribution is 2.32. The maximum atomic E-state index is 12.5. The van der Waals surface area contributed by atoms with E-state index in [1.807, 2.05) is 47.8 Å². The number of fused-ring (bicyclic) bond motifs is 1. The van der Waals surface area contributed by atoms with E-state index < -0.39 is 6.10 Å². The fourth-order valence-corrected chi connectivity index (χ4v) is 5.60. The van der Waals surface area contributed by atoms with Crippen molar-refractivity contribution in [2.75, 3.05) is 29.9 Å². The van der Waals surface area contributed by atoms with Gasteiger partial charge in [-0.3, -0.25) is 4.79 Å². The van der Waals surface area contributed by atoms with Gasteiger partial charge in [0, 0.05) is 36.4 Å². The minimum atomic E-state index is -0.720. The van der Waals surface area contributed by atoms with E-state index in [9.17, 15) is 9.90 Å². The summed E-state index contributed by atoms with van der Waals surface area (Å²) in [6.45, 7) is 3.83. The first kappa shape index (κ1) is 25.1. The van der Waals surface area contributed by atoms with Gasteiger partial charge in [0.15, 0.2) is 5.82 Å². The summed E-state index contributed by atoms with van der Waals surface area (Å²) < 4.78 is 1.98. The van der Waals surface area contributed by atoms with Crippen molar-refractivity contribution in [2.45, 2.75) is 50.4 Å². The number of piperidine rings is 1. The number of carbonyl (C=O) groups excluding carboxylic acids is 1. The third kappa shape index (κ3) is 5.11. The largest absolute Gasteiger partial charge is 0.389 e. The summed E-state index contributed by atoms with van der Waals surface area (Å²) >= 11 is 12.5. The molecule has 1 amide bonds.